The van der Waals surface area contributed by atoms with E-state index in [9.17, 15) is 4.79 Å². The zero-order valence-corrected chi connectivity index (χ0v) is 8.32. The van der Waals surface area contributed by atoms with Gasteiger partial charge in [0.1, 0.15) is 5.58 Å². The number of methoxy groups -OCH3 is 1. The van der Waals surface area contributed by atoms with E-state index < -0.39 is 5.97 Å². The zero-order chi connectivity index (χ0) is 10.8. The standard InChI is InChI=1S/C12H10O3/c1-8(12(13)14-2)10-7-15-11-6-4-3-5-9(10)11/h3-7H,1H2,2H3. The quantitative estimate of drug-likeness (QED) is 0.555. The van der Waals surface area contributed by atoms with E-state index in [1.165, 1.54) is 13.4 Å². The Kier molecular flexibility index (Phi) is 2.29. The molecule has 1 heterocycles. The van der Waals surface area contributed by atoms with Crippen molar-refractivity contribution < 1.29 is 13.9 Å². The van der Waals surface area contributed by atoms with E-state index in [1.807, 2.05) is 24.3 Å². The van der Waals surface area contributed by atoms with Crippen molar-refractivity contribution in [1.82, 2.24) is 0 Å². The molecule has 15 heavy (non-hydrogen) atoms. The van der Waals surface area contributed by atoms with Gasteiger partial charge in [-0.25, -0.2) is 4.79 Å². The fraction of sp³-hybridized carbons (Fsp3) is 0.0833. The summed E-state index contributed by atoms with van der Waals surface area (Å²) in [6.45, 7) is 3.68. The van der Waals surface area contributed by atoms with Gasteiger partial charge in [-0.05, 0) is 6.07 Å². The molecule has 0 radical (unpaired) electrons. The molecule has 2 rings (SSSR count). The molecular formula is C12H10O3. The van der Waals surface area contributed by atoms with Crippen molar-refractivity contribution in [1.29, 1.82) is 0 Å². The lowest BCUT2D eigenvalue weighted by Gasteiger charge is -2.00. The predicted molar refractivity (Wildman–Crippen MR) is 57.3 cm³/mol. The minimum absolute atomic E-state index is 0.308. The van der Waals surface area contributed by atoms with Gasteiger partial charge in [0, 0.05) is 10.9 Å². The van der Waals surface area contributed by atoms with Crippen molar-refractivity contribution in [2.24, 2.45) is 0 Å². The first-order chi connectivity index (χ1) is 7.24. The van der Waals surface area contributed by atoms with Gasteiger partial charge in [0.25, 0.3) is 0 Å². The van der Waals surface area contributed by atoms with Crippen LogP contribution in [0, 0.1) is 0 Å². The van der Waals surface area contributed by atoms with E-state index in [1.54, 1.807) is 0 Å². The van der Waals surface area contributed by atoms with Crippen LogP contribution in [-0.4, -0.2) is 13.1 Å². The molecule has 0 aliphatic rings. The van der Waals surface area contributed by atoms with Crippen LogP contribution in [-0.2, 0) is 9.53 Å². The van der Waals surface area contributed by atoms with Gasteiger partial charge >= 0.3 is 5.97 Å². The molecule has 1 aromatic carbocycles. The monoisotopic (exact) mass is 202 g/mol. The van der Waals surface area contributed by atoms with Gasteiger partial charge in [-0.2, -0.15) is 0 Å². The summed E-state index contributed by atoms with van der Waals surface area (Å²) in [5.74, 6) is -0.443. The van der Waals surface area contributed by atoms with Crippen molar-refractivity contribution in [2.75, 3.05) is 7.11 Å². The number of carbonyl (C=O) groups excluding carboxylic acids is 1. The van der Waals surface area contributed by atoms with Crippen LogP contribution in [0.25, 0.3) is 16.5 Å². The number of carbonyl (C=O) groups is 1. The van der Waals surface area contributed by atoms with Gasteiger partial charge in [-0.1, -0.05) is 24.8 Å². The Morgan fingerprint density at radius 3 is 2.87 bits per heavy atom. The van der Waals surface area contributed by atoms with Gasteiger partial charge in [-0.3, -0.25) is 0 Å². The van der Waals surface area contributed by atoms with E-state index in [-0.39, 0.29) is 0 Å². The lowest BCUT2D eigenvalue weighted by molar-refractivity contribution is -0.133. The summed E-state index contributed by atoms with van der Waals surface area (Å²) in [4.78, 5) is 11.3. The summed E-state index contributed by atoms with van der Waals surface area (Å²) in [6.07, 6.45) is 1.52. The number of esters is 1. The molecule has 0 unspecified atom stereocenters. The Morgan fingerprint density at radius 2 is 2.13 bits per heavy atom. The molecule has 0 fully saturated rings. The third-order valence-electron chi connectivity index (χ3n) is 2.24. The van der Waals surface area contributed by atoms with E-state index in [0.29, 0.717) is 11.1 Å². The summed E-state index contributed by atoms with van der Waals surface area (Å²) < 4.78 is 9.90. The van der Waals surface area contributed by atoms with Crippen LogP contribution in [0.2, 0.25) is 0 Å². The van der Waals surface area contributed by atoms with E-state index in [4.69, 9.17) is 4.42 Å². The number of ether oxygens (including phenoxy) is 1. The molecule has 0 saturated heterocycles. The molecule has 0 amide bonds. The normalized spacial score (nSPS) is 10.2. The minimum Gasteiger partial charge on any atom is -0.465 e. The highest BCUT2D eigenvalue weighted by molar-refractivity contribution is 6.19. The smallest absolute Gasteiger partial charge is 0.337 e. The average Bonchev–Trinajstić information content (AvgIpc) is 2.70. The number of para-hydroxylation sites is 1. The molecule has 1 aromatic heterocycles. The molecule has 0 N–H and O–H groups in total. The average molecular weight is 202 g/mol. The molecule has 76 valence electrons. The van der Waals surface area contributed by atoms with Crippen molar-refractivity contribution in [3.8, 4) is 0 Å². The first-order valence-electron chi connectivity index (χ1n) is 4.48. The van der Waals surface area contributed by atoms with Crippen LogP contribution < -0.4 is 0 Å². The number of furan rings is 1. The van der Waals surface area contributed by atoms with Crippen molar-refractivity contribution in [2.45, 2.75) is 0 Å². The second-order valence-electron chi connectivity index (χ2n) is 3.12. The summed E-state index contributed by atoms with van der Waals surface area (Å²) in [6, 6.07) is 7.47. The van der Waals surface area contributed by atoms with Crippen LogP contribution in [0.5, 0.6) is 0 Å². The van der Waals surface area contributed by atoms with Crippen LogP contribution in [0.15, 0.2) is 41.5 Å². The molecule has 0 spiro atoms. The lowest BCUT2D eigenvalue weighted by Crippen LogP contribution is -2.01. The first-order valence-corrected chi connectivity index (χ1v) is 4.48. The topological polar surface area (TPSA) is 39.4 Å². The summed E-state index contributed by atoms with van der Waals surface area (Å²) in [5.41, 5.74) is 1.72. The number of hydrogen-bond acceptors (Lipinski definition) is 3. The molecule has 0 aliphatic carbocycles. The zero-order valence-electron chi connectivity index (χ0n) is 8.32. The maximum atomic E-state index is 11.3. The Bertz CT molecular complexity index is 522. The van der Waals surface area contributed by atoms with Crippen LogP contribution in [0.1, 0.15) is 5.56 Å². The SMILES string of the molecule is C=C(C(=O)OC)c1coc2ccccc12. The predicted octanol–water partition coefficient (Wildman–Crippen LogP) is 2.62. The molecule has 0 aliphatic heterocycles. The van der Waals surface area contributed by atoms with Crippen LogP contribution in [0.4, 0.5) is 0 Å². The second kappa shape index (κ2) is 3.61. The van der Waals surface area contributed by atoms with Crippen molar-refractivity contribution >= 4 is 22.5 Å². The van der Waals surface area contributed by atoms with Gasteiger partial charge in [0.2, 0.25) is 0 Å². The fourth-order valence-corrected chi connectivity index (χ4v) is 1.44. The summed E-state index contributed by atoms with van der Waals surface area (Å²) in [5, 5.41) is 0.868. The van der Waals surface area contributed by atoms with Crippen LogP contribution >= 0.6 is 0 Å². The summed E-state index contributed by atoms with van der Waals surface area (Å²) >= 11 is 0. The molecule has 0 atom stereocenters. The van der Waals surface area contributed by atoms with Gasteiger partial charge in [0.15, 0.2) is 0 Å². The molecule has 2 aromatic rings. The Morgan fingerprint density at radius 1 is 1.40 bits per heavy atom. The highest BCUT2D eigenvalue weighted by Gasteiger charge is 2.14. The van der Waals surface area contributed by atoms with E-state index in [2.05, 4.69) is 11.3 Å². The van der Waals surface area contributed by atoms with Gasteiger partial charge in [0.05, 0.1) is 18.9 Å². The highest BCUT2D eigenvalue weighted by Crippen LogP contribution is 2.26. The third-order valence-corrected chi connectivity index (χ3v) is 2.24. The van der Waals surface area contributed by atoms with E-state index >= 15 is 0 Å². The minimum atomic E-state index is -0.443. The summed E-state index contributed by atoms with van der Waals surface area (Å²) in [7, 11) is 1.33. The Labute approximate surface area is 87.0 Å². The lowest BCUT2D eigenvalue weighted by atomic mass is 10.1. The molecule has 3 heteroatoms. The number of fused-ring (bicyclic) bond motifs is 1. The van der Waals surface area contributed by atoms with Gasteiger partial charge in [-0.15, -0.1) is 0 Å². The number of benzene rings is 1. The third kappa shape index (κ3) is 1.52. The number of rotatable bonds is 2. The molecular weight excluding hydrogens is 192 g/mol. The van der Waals surface area contributed by atoms with E-state index in [0.717, 1.165) is 11.0 Å². The van der Waals surface area contributed by atoms with Crippen molar-refractivity contribution in [3.63, 3.8) is 0 Å². The first kappa shape index (κ1) is 9.52. The van der Waals surface area contributed by atoms with Gasteiger partial charge < -0.3 is 9.15 Å². The molecule has 3 nitrogen and oxygen atoms in total. The Hall–Kier alpha value is -2.03. The highest BCUT2D eigenvalue weighted by atomic mass is 16.5. The van der Waals surface area contributed by atoms with Crippen molar-refractivity contribution in [3.05, 3.63) is 42.7 Å². The maximum absolute atomic E-state index is 11.3. The molecule has 0 bridgehead atoms. The fourth-order valence-electron chi connectivity index (χ4n) is 1.44. The molecule has 0 saturated carbocycles. The second-order valence-corrected chi connectivity index (χ2v) is 3.12. The maximum Gasteiger partial charge on any atom is 0.337 e. The van der Waals surface area contributed by atoms with Crippen LogP contribution in [0.3, 0.4) is 0 Å². The number of hydrogen-bond donors (Lipinski definition) is 0. The largest absolute Gasteiger partial charge is 0.465 e. The Balaban J connectivity index is 2.53.